The fraction of sp³-hybridized carbons (Fsp3) is 0.538. The van der Waals surface area contributed by atoms with E-state index in [9.17, 15) is 13.2 Å². The zero-order chi connectivity index (χ0) is 13.9. The molecule has 0 radical (unpaired) electrons. The van der Waals surface area contributed by atoms with Gasteiger partial charge in [-0.1, -0.05) is 6.42 Å². The van der Waals surface area contributed by atoms with Crippen molar-refractivity contribution >= 4 is 17.4 Å². The molecule has 0 aliphatic heterocycles. The van der Waals surface area contributed by atoms with E-state index in [4.69, 9.17) is 5.73 Å². The van der Waals surface area contributed by atoms with Crippen LogP contribution in [-0.2, 0) is 0 Å². The molecule has 1 aromatic rings. The van der Waals surface area contributed by atoms with Gasteiger partial charge in [0, 0.05) is 16.6 Å². The van der Waals surface area contributed by atoms with Gasteiger partial charge in [-0.3, -0.25) is 0 Å². The van der Waals surface area contributed by atoms with E-state index in [2.05, 4.69) is 5.32 Å². The number of nitrogens with one attached hydrogen (secondary N) is 1. The lowest BCUT2D eigenvalue weighted by molar-refractivity contribution is -0.0328. The summed E-state index contributed by atoms with van der Waals surface area (Å²) in [4.78, 5) is 0.208. The van der Waals surface area contributed by atoms with E-state index in [0.717, 1.165) is 24.9 Å². The van der Waals surface area contributed by atoms with E-state index in [-0.39, 0.29) is 16.7 Å². The maximum Gasteiger partial charge on any atom is 0.446 e. The third kappa shape index (κ3) is 4.31. The number of nitrogens with two attached hydrogens (primary N) is 1. The van der Waals surface area contributed by atoms with E-state index in [1.807, 2.05) is 0 Å². The molecule has 3 N–H and O–H groups in total. The molecule has 2 unspecified atom stereocenters. The SMILES string of the molecule is NCC1CCCC1Nc1ccc(SC(F)(F)F)cc1. The van der Waals surface area contributed by atoms with Crippen molar-refractivity contribution in [3.8, 4) is 0 Å². The van der Waals surface area contributed by atoms with Crippen LogP contribution in [0.1, 0.15) is 19.3 Å². The third-order valence-corrected chi connectivity index (χ3v) is 4.14. The van der Waals surface area contributed by atoms with Crippen LogP contribution in [-0.4, -0.2) is 18.1 Å². The van der Waals surface area contributed by atoms with Gasteiger partial charge in [0.25, 0.3) is 0 Å². The molecule has 0 bridgehead atoms. The molecule has 0 aromatic heterocycles. The van der Waals surface area contributed by atoms with Crippen LogP contribution in [0.25, 0.3) is 0 Å². The highest BCUT2D eigenvalue weighted by Gasteiger charge is 2.29. The van der Waals surface area contributed by atoms with E-state index in [1.165, 1.54) is 12.1 Å². The first-order chi connectivity index (χ1) is 8.98. The summed E-state index contributed by atoms with van der Waals surface area (Å²) in [6.45, 7) is 0.652. The molecular formula is C13H17F3N2S. The maximum atomic E-state index is 12.2. The Balaban J connectivity index is 1.95. The molecule has 1 fully saturated rings. The lowest BCUT2D eigenvalue weighted by Crippen LogP contribution is -2.29. The minimum atomic E-state index is -4.23. The normalized spacial score (nSPS) is 23.6. The number of benzene rings is 1. The highest BCUT2D eigenvalue weighted by atomic mass is 32.2. The van der Waals surface area contributed by atoms with Crippen LogP contribution in [0, 0.1) is 5.92 Å². The molecular weight excluding hydrogens is 273 g/mol. The quantitative estimate of drug-likeness (QED) is 0.827. The molecule has 6 heteroatoms. The van der Waals surface area contributed by atoms with E-state index >= 15 is 0 Å². The Morgan fingerprint density at radius 2 is 1.89 bits per heavy atom. The van der Waals surface area contributed by atoms with Crippen molar-refractivity contribution in [2.24, 2.45) is 11.7 Å². The summed E-state index contributed by atoms with van der Waals surface area (Å²) in [5.41, 5.74) is 2.33. The Hall–Kier alpha value is -0.880. The average molecular weight is 290 g/mol. The van der Waals surface area contributed by atoms with Crippen molar-refractivity contribution in [3.63, 3.8) is 0 Å². The highest BCUT2D eigenvalue weighted by molar-refractivity contribution is 8.00. The fourth-order valence-corrected chi connectivity index (χ4v) is 3.02. The summed E-state index contributed by atoms with van der Waals surface area (Å²) in [7, 11) is 0. The van der Waals surface area contributed by atoms with Crippen LogP contribution in [0.4, 0.5) is 18.9 Å². The van der Waals surface area contributed by atoms with Gasteiger partial charge in [-0.15, -0.1) is 0 Å². The summed E-state index contributed by atoms with van der Waals surface area (Å²) in [5, 5.41) is 3.36. The number of hydrogen-bond acceptors (Lipinski definition) is 3. The second-order valence-corrected chi connectivity index (χ2v) is 5.89. The van der Waals surface area contributed by atoms with Crippen molar-refractivity contribution in [2.75, 3.05) is 11.9 Å². The number of rotatable bonds is 4. The molecule has 1 aliphatic rings. The summed E-state index contributed by atoms with van der Waals surface area (Å²) in [5.74, 6) is 0.462. The van der Waals surface area contributed by atoms with Gasteiger partial charge >= 0.3 is 5.51 Å². The molecule has 1 aromatic carbocycles. The van der Waals surface area contributed by atoms with Crippen molar-refractivity contribution in [3.05, 3.63) is 24.3 Å². The third-order valence-electron chi connectivity index (χ3n) is 3.40. The van der Waals surface area contributed by atoms with Crippen LogP contribution in [0.3, 0.4) is 0 Å². The van der Waals surface area contributed by atoms with Gasteiger partial charge in [-0.05, 0) is 61.3 Å². The number of hydrogen-bond donors (Lipinski definition) is 2. The predicted octanol–water partition coefficient (Wildman–Crippen LogP) is 3.84. The number of anilines is 1. The topological polar surface area (TPSA) is 38.0 Å². The van der Waals surface area contributed by atoms with Gasteiger partial charge in [-0.25, -0.2) is 0 Å². The van der Waals surface area contributed by atoms with Gasteiger partial charge in [-0.2, -0.15) is 13.2 Å². The average Bonchev–Trinajstić information content (AvgIpc) is 2.77. The van der Waals surface area contributed by atoms with Crippen LogP contribution >= 0.6 is 11.8 Å². The van der Waals surface area contributed by atoms with E-state index in [1.54, 1.807) is 12.1 Å². The Labute approximate surface area is 114 Å². The van der Waals surface area contributed by atoms with Gasteiger partial charge in [0.1, 0.15) is 0 Å². The van der Waals surface area contributed by atoms with Crippen molar-refractivity contribution < 1.29 is 13.2 Å². The maximum absolute atomic E-state index is 12.2. The number of alkyl halides is 3. The lowest BCUT2D eigenvalue weighted by Gasteiger charge is -2.20. The predicted molar refractivity (Wildman–Crippen MR) is 72.2 cm³/mol. The Kier molecular flexibility index (Phi) is 4.62. The molecule has 2 rings (SSSR count). The smallest absolute Gasteiger partial charge is 0.382 e. The zero-order valence-corrected chi connectivity index (χ0v) is 11.2. The van der Waals surface area contributed by atoms with E-state index < -0.39 is 5.51 Å². The van der Waals surface area contributed by atoms with E-state index in [0.29, 0.717) is 18.5 Å². The molecule has 0 spiro atoms. The molecule has 1 aliphatic carbocycles. The van der Waals surface area contributed by atoms with Gasteiger partial charge in [0.15, 0.2) is 0 Å². The summed E-state index contributed by atoms with van der Waals surface area (Å²) in [6, 6.07) is 6.71. The summed E-state index contributed by atoms with van der Waals surface area (Å²) < 4.78 is 36.6. The zero-order valence-electron chi connectivity index (χ0n) is 10.4. The molecule has 1 saturated carbocycles. The van der Waals surface area contributed by atoms with Crippen LogP contribution < -0.4 is 11.1 Å². The molecule has 19 heavy (non-hydrogen) atoms. The first-order valence-electron chi connectivity index (χ1n) is 6.30. The largest absolute Gasteiger partial charge is 0.446 e. The molecule has 2 atom stereocenters. The van der Waals surface area contributed by atoms with Crippen LogP contribution in [0.2, 0.25) is 0 Å². The highest BCUT2D eigenvalue weighted by Crippen LogP contribution is 2.37. The van der Waals surface area contributed by atoms with Crippen molar-refractivity contribution in [1.29, 1.82) is 0 Å². The molecule has 0 saturated heterocycles. The fourth-order valence-electron chi connectivity index (χ4n) is 2.48. The first kappa shape index (κ1) is 14.5. The van der Waals surface area contributed by atoms with Crippen molar-refractivity contribution in [1.82, 2.24) is 0 Å². The molecule has 0 amide bonds. The summed E-state index contributed by atoms with van der Waals surface area (Å²) >= 11 is -0.0905. The van der Waals surface area contributed by atoms with Crippen molar-refractivity contribution in [2.45, 2.75) is 35.7 Å². The molecule has 106 valence electrons. The minimum Gasteiger partial charge on any atom is -0.382 e. The Bertz CT molecular complexity index is 405. The van der Waals surface area contributed by atoms with Crippen LogP contribution in [0.15, 0.2) is 29.2 Å². The molecule has 2 nitrogen and oxygen atoms in total. The monoisotopic (exact) mass is 290 g/mol. The summed E-state index contributed by atoms with van der Waals surface area (Å²) in [6.07, 6.45) is 3.35. The Morgan fingerprint density at radius 1 is 1.21 bits per heavy atom. The second kappa shape index (κ2) is 6.05. The Morgan fingerprint density at radius 3 is 2.47 bits per heavy atom. The standard InChI is InChI=1S/C13H17F3N2S/c14-13(15,16)19-11-6-4-10(5-7-11)18-12-3-1-2-9(12)8-17/h4-7,9,12,18H,1-3,8,17H2. The number of thioether (sulfide) groups is 1. The molecule has 0 heterocycles. The van der Waals surface area contributed by atoms with Gasteiger partial charge in [0.2, 0.25) is 0 Å². The lowest BCUT2D eigenvalue weighted by atomic mass is 10.0. The van der Waals surface area contributed by atoms with Gasteiger partial charge in [0.05, 0.1) is 0 Å². The number of halogens is 3. The second-order valence-electron chi connectivity index (χ2n) is 4.75. The first-order valence-corrected chi connectivity index (χ1v) is 7.12. The van der Waals surface area contributed by atoms with Gasteiger partial charge < -0.3 is 11.1 Å². The van der Waals surface area contributed by atoms with Crippen LogP contribution in [0.5, 0.6) is 0 Å². The minimum absolute atomic E-state index is 0.0905.